The highest BCUT2D eigenvalue weighted by atomic mass is 16.3. The van der Waals surface area contributed by atoms with Crippen molar-refractivity contribution in [1.82, 2.24) is 9.13 Å². The molecule has 0 bridgehead atoms. The second-order valence-corrected chi connectivity index (χ2v) is 15.3. The summed E-state index contributed by atoms with van der Waals surface area (Å²) >= 11 is 0. The minimum atomic E-state index is 0.887. The lowest BCUT2D eigenvalue weighted by molar-refractivity contribution is 0.666. The van der Waals surface area contributed by atoms with Gasteiger partial charge in [0.05, 0.1) is 27.8 Å². The Kier molecular flexibility index (Phi) is 6.41. The van der Waals surface area contributed by atoms with Crippen molar-refractivity contribution in [2.75, 3.05) is 0 Å². The van der Waals surface area contributed by atoms with Crippen LogP contribution in [0.15, 0.2) is 203 Å². The van der Waals surface area contributed by atoms with Crippen molar-refractivity contribution in [3.8, 4) is 33.6 Å². The van der Waals surface area contributed by atoms with Crippen LogP contribution < -0.4 is 0 Å². The van der Waals surface area contributed by atoms with Crippen molar-refractivity contribution in [3.63, 3.8) is 0 Å². The fourth-order valence-electron chi connectivity index (χ4n) is 9.47. The molecule has 0 N–H and O–H groups in total. The van der Waals surface area contributed by atoms with E-state index in [0.717, 1.165) is 66.3 Å². The Morgan fingerprint density at radius 1 is 0.276 bits per heavy atom. The van der Waals surface area contributed by atoms with Gasteiger partial charge >= 0.3 is 0 Å². The highest BCUT2D eigenvalue weighted by molar-refractivity contribution is 6.15. The van der Waals surface area contributed by atoms with Crippen LogP contribution in [-0.2, 0) is 0 Å². The van der Waals surface area contributed by atoms with Crippen molar-refractivity contribution < 1.29 is 8.83 Å². The molecule has 58 heavy (non-hydrogen) atoms. The molecule has 0 unspecified atom stereocenters. The van der Waals surface area contributed by atoms with E-state index in [0.29, 0.717) is 0 Å². The van der Waals surface area contributed by atoms with Crippen LogP contribution in [0.5, 0.6) is 0 Å². The van der Waals surface area contributed by atoms with Gasteiger partial charge in [-0.1, -0.05) is 115 Å². The average Bonchev–Trinajstić information content (AvgIpc) is 4.03. The smallest absolute Gasteiger partial charge is 0.159 e. The summed E-state index contributed by atoms with van der Waals surface area (Å²) in [5.41, 5.74) is 15.1. The van der Waals surface area contributed by atoms with Crippen molar-refractivity contribution in [3.05, 3.63) is 194 Å². The van der Waals surface area contributed by atoms with Crippen molar-refractivity contribution in [2.45, 2.75) is 0 Å². The molecule has 0 spiro atoms. The molecule has 13 rings (SSSR count). The summed E-state index contributed by atoms with van der Waals surface area (Å²) in [5.74, 6) is 0. The third-order valence-corrected chi connectivity index (χ3v) is 12.1. The lowest BCUT2D eigenvalue weighted by atomic mass is 10.0. The first-order valence-corrected chi connectivity index (χ1v) is 19.7. The van der Waals surface area contributed by atoms with Crippen LogP contribution in [-0.4, -0.2) is 9.13 Å². The Morgan fingerprint density at radius 2 is 0.793 bits per heavy atom. The predicted molar refractivity (Wildman–Crippen MR) is 241 cm³/mol. The second kappa shape index (κ2) is 11.8. The number of hydrogen-bond donors (Lipinski definition) is 0. The van der Waals surface area contributed by atoms with Crippen LogP contribution in [0.2, 0.25) is 0 Å². The second-order valence-electron chi connectivity index (χ2n) is 15.3. The van der Waals surface area contributed by atoms with Crippen LogP contribution in [0.3, 0.4) is 0 Å². The minimum absolute atomic E-state index is 0.887. The molecule has 9 aromatic carbocycles. The Balaban J connectivity index is 0.970. The summed E-state index contributed by atoms with van der Waals surface area (Å²) in [5, 5.41) is 9.34. The standard InChI is InChI=1S/C54H32N2O2/c1-2-11-33(12-3-1)34-23-27-52-44(31-34)45-32-37(24-28-53(45)57-52)55-46-17-7-4-13-38(46)42-29-35(21-25-48(42)55)36-22-26-49-43(30-36)39-14-5-8-18-47(39)56(49)50-19-10-16-41-40-15-6-9-20-51(40)58-54(41)50/h1-32H. The molecule has 0 fully saturated rings. The van der Waals surface area contributed by atoms with Gasteiger partial charge in [-0.3, -0.25) is 0 Å². The molecule has 270 valence electrons. The molecule has 0 radical (unpaired) electrons. The largest absolute Gasteiger partial charge is 0.456 e. The van der Waals surface area contributed by atoms with Gasteiger partial charge in [0.1, 0.15) is 16.7 Å². The molecule has 4 heteroatoms. The molecule has 0 aliphatic carbocycles. The molecular weight excluding hydrogens is 709 g/mol. The molecule has 0 saturated carbocycles. The number of hydrogen-bond acceptors (Lipinski definition) is 2. The van der Waals surface area contributed by atoms with Gasteiger partial charge in [0.25, 0.3) is 0 Å². The summed E-state index contributed by atoms with van der Waals surface area (Å²) < 4.78 is 17.6. The molecule has 13 aromatic rings. The number of aromatic nitrogens is 2. The first-order chi connectivity index (χ1) is 28.7. The number of para-hydroxylation sites is 4. The van der Waals surface area contributed by atoms with E-state index in [-0.39, 0.29) is 0 Å². The van der Waals surface area contributed by atoms with E-state index < -0.39 is 0 Å². The summed E-state index contributed by atoms with van der Waals surface area (Å²) in [6, 6.07) is 69.6. The predicted octanol–water partition coefficient (Wildman–Crippen LogP) is 15.0. The Hall–Kier alpha value is -7.82. The van der Waals surface area contributed by atoms with E-state index in [1.165, 1.54) is 54.8 Å². The van der Waals surface area contributed by atoms with Gasteiger partial charge < -0.3 is 18.0 Å². The van der Waals surface area contributed by atoms with Gasteiger partial charge in [0.15, 0.2) is 5.58 Å². The Bertz CT molecular complexity index is 3800. The topological polar surface area (TPSA) is 36.1 Å². The Morgan fingerprint density at radius 3 is 1.55 bits per heavy atom. The molecule has 0 saturated heterocycles. The highest BCUT2D eigenvalue weighted by Crippen LogP contribution is 2.41. The van der Waals surface area contributed by atoms with Gasteiger partial charge in [0, 0.05) is 48.8 Å². The van der Waals surface area contributed by atoms with E-state index in [2.05, 4.69) is 191 Å². The van der Waals surface area contributed by atoms with E-state index in [4.69, 9.17) is 8.83 Å². The number of benzene rings is 9. The number of fused-ring (bicyclic) bond motifs is 12. The highest BCUT2D eigenvalue weighted by Gasteiger charge is 2.20. The maximum Gasteiger partial charge on any atom is 0.159 e. The summed E-state index contributed by atoms with van der Waals surface area (Å²) in [7, 11) is 0. The zero-order valence-corrected chi connectivity index (χ0v) is 31.2. The number of rotatable bonds is 4. The summed E-state index contributed by atoms with van der Waals surface area (Å²) in [4.78, 5) is 0. The molecule has 0 atom stereocenters. The van der Waals surface area contributed by atoms with Crippen LogP contribution in [0.25, 0.3) is 121 Å². The van der Waals surface area contributed by atoms with Crippen LogP contribution >= 0.6 is 0 Å². The van der Waals surface area contributed by atoms with E-state index in [9.17, 15) is 0 Å². The lowest BCUT2D eigenvalue weighted by Gasteiger charge is -2.10. The minimum Gasteiger partial charge on any atom is -0.456 e. The van der Waals surface area contributed by atoms with Gasteiger partial charge in [-0.2, -0.15) is 0 Å². The van der Waals surface area contributed by atoms with E-state index >= 15 is 0 Å². The molecule has 0 aliphatic heterocycles. The first kappa shape index (κ1) is 31.4. The van der Waals surface area contributed by atoms with Gasteiger partial charge in [-0.05, 0) is 101 Å². The molecular formula is C54H32N2O2. The van der Waals surface area contributed by atoms with Crippen molar-refractivity contribution in [1.29, 1.82) is 0 Å². The Labute approximate surface area is 332 Å². The van der Waals surface area contributed by atoms with Crippen LogP contribution in [0.1, 0.15) is 0 Å². The van der Waals surface area contributed by atoms with Crippen LogP contribution in [0, 0.1) is 0 Å². The SMILES string of the molecule is c1ccc(-c2ccc3oc4ccc(-n5c6ccccc6c6cc(-c7ccc8c(c7)c7ccccc7n8-c7cccc8c7oc7ccccc78)ccc65)cc4c3c2)cc1. The summed E-state index contributed by atoms with van der Waals surface area (Å²) in [6.07, 6.45) is 0. The van der Waals surface area contributed by atoms with E-state index in [1.807, 2.05) is 12.1 Å². The molecule has 4 nitrogen and oxygen atoms in total. The van der Waals surface area contributed by atoms with Crippen molar-refractivity contribution in [2.24, 2.45) is 0 Å². The fraction of sp³-hybridized carbons (Fsp3) is 0. The molecule has 0 aliphatic rings. The van der Waals surface area contributed by atoms with E-state index in [1.54, 1.807) is 0 Å². The average molecular weight is 741 g/mol. The molecule has 4 aromatic heterocycles. The maximum absolute atomic E-state index is 6.54. The van der Waals surface area contributed by atoms with Crippen molar-refractivity contribution >= 4 is 87.5 Å². The monoisotopic (exact) mass is 740 g/mol. The fourth-order valence-corrected chi connectivity index (χ4v) is 9.47. The zero-order chi connectivity index (χ0) is 37.9. The maximum atomic E-state index is 6.54. The third-order valence-electron chi connectivity index (χ3n) is 12.1. The van der Waals surface area contributed by atoms with Gasteiger partial charge in [-0.15, -0.1) is 0 Å². The quantitative estimate of drug-likeness (QED) is 0.180. The number of nitrogens with zero attached hydrogens (tertiary/aromatic N) is 2. The lowest BCUT2D eigenvalue weighted by Crippen LogP contribution is -1.94. The normalized spacial score (nSPS) is 12.1. The van der Waals surface area contributed by atoms with Gasteiger partial charge in [0.2, 0.25) is 0 Å². The van der Waals surface area contributed by atoms with Gasteiger partial charge in [-0.25, -0.2) is 0 Å². The zero-order valence-electron chi connectivity index (χ0n) is 31.2. The molecule has 4 heterocycles. The molecule has 0 amide bonds. The first-order valence-electron chi connectivity index (χ1n) is 19.7. The third kappa shape index (κ3) is 4.45. The summed E-state index contributed by atoms with van der Waals surface area (Å²) in [6.45, 7) is 0. The number of furan rings is 2. The van der Waals surface area contributed by atoms with Crippen LogP contribution in [0.4, 0.5) is 0 Å².